The number of aromatic amines is 2. The lowest BCUT2D eigenvalue weighted by atomic mass is 9.88. The maximum atomic E-state index is 14.5. The van der Waals surface area contributed by atoms with Crippen molar-refractivity contribution < 1.29 is 19.1 Å². The highest BCUT2D eigenvalue weighted by atomic mass is 35.5. The molecule has 3 fully saturated rings. The largest absolute Gasteiger partial charge is 0.373 e. The van der Waals surface area contributed by atoms with E-state index in [2.05, 4.69) is 116 Å². The van der Waals surface area contributed by atoms with Gasteiger partial charge >= 0.3 is 0 Å². The number of nitrogens with one attached hydrogen (secondary N) is 5. The maximum Gasteiger partial charge on any atom is 0.251 e. The van der Waals surface area contributed by atoms with Gasteiger partial charge in [-0.25, -0.2) is 0 Å². The van der Waals surface area contributed by atoms with E-state index in [1.165, 1.54) is 6.07 Å². The van der Waals surface area contributed by atoms with Crippen LogP contribution in [0, 0.1) is 52.9 Å². The molecular weight excluding hydrogens is 1390 g/mol. The molecule has 20 nitrogen and oxygen atoms in total. The molecule has 4 aliphatic rings. The zero-order chi connectivity index (χ0) is 75.8. The number of anilines is 3. The number of halogens is 3. The highest BCUT2D eigenvalue weighted by molar-refractivity contribution is 6.32. The van der Waals surface area contributed by atoms with Crippen molar-refractivity contribution in [3.63, 3.8) is 0 Å². The minimum atomic E-state index is -0.378. The van der Waals surface area contributed by atoms with E-state index >= 15 is 0 Å². The van der Waals surface area contributed by atoms with Crippen LogP contribution in [-0.2, 0) is 31.0 Å². The molecule has 0 saturated heterocycles. The molecule has 105 heavy (non-hydrogen) atoms. The van der Waals surface area contributed by atoms with Gasteiger partial charge in [-0.05, 0) is 240 Å². The third-order valence-electron chi connectivity index (χ3n) is 23.5. The smallest absolute Gasteiger partial charge is 0.251 e. The second kappa shape index (κ2) is 35.5. The molecule has 2 unspecified atom stereocenters. The van der Waals surface area contributed by atoms with Crippen molar-refractivity contribution in [3.05, 3.63) is 185 Å². The zero-order valence-electron chi connectivity index (χ0n) is 64.1. The number of nitrogens with zero attached hydrogens (tertiary/aromatic N) is 8. The molecule has 566 valence electrons. The first kappa shape index (κ1) is 80.1. The molecule has 1 aliphatic heterocycles. The summed E-state index contributed by atoms with van der Waals surface area (Å²) in [5.74, 6) is -0.971. The van der Waals surface area contributed by atoms with Crippen LogP contribution in [0.3, 0.4) is 0 Å². The standard InChI is InChI=1S/C82H110Cl3N13O7/c1-15-95(61-24-18-58(19-25-61)92(11)12)72-38-56(84)36-66(53(72)9)81(103)88-43-69-75-47-105-46-64(98(75)51(7)34-78(69)101)45-94(14)60-22-28-63(29-23-60)97(17-3)74-40-57(85)37-67(54(74)10)82(104)89-44-70-77(100)33-50(6)91-79(70)48(4)30-31-93(13)59-20-26-62(27-21-59)96(16-2)73-39-55(83)35-65(52(73)8)80(102)87-42-68-71(41-86)90-49(5)32-76(68)99/h32-40,48,58-64H,15-31,42-47H2,1-14H3,(H,87,102)(H,88,103)(H,89,104)(H,90,99)(H,91,100). The molecule has 3 amide bonds. The Hall–Kier alpha value is -7.48. The van der Waals surface area contributed by atoms with E-state index in [1.54, 1.807) is 37.3 Å². The van der Waals surface area contributed by atoms with Gasteiger partial charge in [0.2, 0.25) is 0 Å². The molecule has 6 aromatic rings. The van der Waals surface area contributed by atoms with Crippen LogP contribution >= 0.6 is 34.8 Å². The number of aryl methyl sites for hydroxylation is 3. The number of H-pyrrole nitrogens is 2. The SMILES string of the molecule is CCN(c1cc(Cl)cc(C(=O)NCc2c(C#N)[nH]c(C)cc2=O)c1C)C1CCC(N(C)CCC(C)c2[nH]c(C)cc(=O)c2CNC(=O)c2cc(Cl)cc(N(CC)C3CCC(N(C)CC4COCc5c(CNC(=O)c6cc(Cl)cc(N(CC)C7CCC(N(C)C)CC7)c6C)c(=O)cc(C)n54)CC3)c2C)CC1. The normalized spacial score (nSPS) is 20.0. The molecule has 0 spiro atoms. The molecule has 3 saturated carbocycles. The molecule has 5 N–H and O–H groups in total. The lowest BCUT2D eigenvalue weighted by molar-refractivity contribution is 0.0349. The van der Waals surface area contributed by atoms with E-state index in [4.69, 9.17) is 39.5 Å². The minimum absolute atomic E-state index is 0.0223. The Bertz CT molecular complexity index is 4370. The van der Waals surface area contributed by atoms with Gasteiger partial charge in [0, 0.05) is 183 Å². The maximum absolute atomic E-state index is 14.5. The summed E-state index contributed by atoms with van der Waals surface area (Å²) >= 11 is 20.5. The van der Waals surface area contributed by atoms with Crippen molar-refractivity contribution in [2.45, 2.75) is 227 Å². The fraction of sp³-hybridized carbons (Fsp3) is 0.549. The minimum Gasteiger partial charge on any atom is -0.373 e. The Kier molecular flexibility index (Phi) is 27.1. The molecule has 23 heteroatoms. The van der Waals surface area contributed by atoms with Gasteiger partial charge in [0.1, 0.15) is 11.8 Å². The molecule has 2 atom stereocenters. The zero-order valence-corrected chi connectivity index (χ0v) is 66.4. The molecule has 3 aromatic carbocycles. The van der Waals surface area contributed by atoms with Crippen LogP contribution in [-0.4, -0.2) is 151 Å². The molecule has 3 aromatic heterocycles. The van der Waals surface area contributed by atoms with E-state index < -0.39 is 0 Å². The predicted molar refractivity (Wildman–Crippen MR) is 424 cm³/mol. The third kappa shape index (κ3) is 18.4. The van der Waals surface area contributed by atoms with E-state index in [1.807, 2.05) is 58.9 Å². The van der Waals surface area contributed by atoms with Crippen LogP contribution in [0.25, 0.3) is 0 Å². The van der Waals surface area contributed by atoms with Gasteiger partial charge in [0.15, 0.2) is 16.3 Å². The number of carbonyl (C=O) groups is 3. The predicted octanol–water partition coefficient (Wildman–Crippen LogP) is 13.5. The number of fused-ring (bicyclic) bond motifs is 1. The van der Waals surface area contributed by atoms with Crippen LogP contribution in [0.1, 0.15) is 222 Å². The van der Waals surface area contributed by atoms with Crippen LogP contribution in [0.2, 0.25) is 15.1 Å². The van der Waals surface area contributed by atoms with Gasteiger partial charge in [-0.1, -0.05) is 41.7 Å². The van der Waals surface area contributed by atoms with Crippen molar-refractivity contribution in [3.8, 4) is 6.07 Å². The van der Waals surface area contributed by atoms with Gasteiger partial charge in [-0.15, -0.1) is 0 Å². The number of hydrogen-bond acceptors (Lipinski definition) is 14. The Labute approximate surface area is 635 Å². The lowest BCUT2D eigenvalue weighted by Gasteiger charge is -2.42. The van der Waals surface area contributed by atoms with Crippen molar-refractivity contribution >= 4 is 69.6 Å². The monoisotopic (exact) mass is 1490 g/mol. The molecule has 3 aliphatic carbocycles. The number of hydrogen-bond donors (Lipinski definition) is 5. The Morgan fingerprint density at radius 1 is 0.543 bits per heavy atom. The van der Waals surface area contributed by atoms with Gasteiger partial charge < -0.3 is 64.6 Å². The summed E-state index contributed by atoms with van der Waals surface area (Å²) in [6.45, 7) is 24.6. The second-order valence-corrected chi connectivity index (χ2v) is 31.6. The number of nitriles is 1. The first-order valence-electron chi connectivity index (χ1n) is 37.9. The summed E-state index contributed by atoms with van der Waals surface area (Å²) in [4.78, 5) is 104. The summed E-state index contributed by atoms with van der Waals surface area (Å²) in [5, 5.41) is 20.2. The summed E-state index contributed by atoms with van der Waals surface area (Å²) in [6, 6.07) is 19.7. The van der Waals surface area contributed by atoms with E-state index in [0.717, 1.165) is 160 Å². The second-order valence-electron chi connectivity index (χ2n) is 30.3. The average molecular weight is 1500 g/mol. The summed E-state index contributed by atoms with van der Waals surface area (Å²) in [6.07, 6.45) is 12.8. The van der Waals surface area contributed by atoms with Gasteiger partial charge in [0.25, 0.3) is 17.7 Å². The van der Waals surface area contributed by atoms with Crippen LogP contribution in [0.5, 0.6) is 0 Å². The topological polar surface area (TPSA) is 227 Å². The number of carbonyl (C=O) groups excluding carboxylic acids is 3. The number of amides is 3. The van der Waals surface area contributed by atoms with E-state index in [9.17, 15) is 34.0 Å². The van der Waals surface area contributed by atoms with Gasteiger partial charge in [-0.3, -0.25) is 28.8 Å². The lowest BCUT2D eigenvalue weighted by Crippen LogP contribution is -2.46. The highest BCUT2D eigenvalue weighted by Gasteiger charge is 2.35. The van der Waals surface area contributed by atoms with Crippen LogP contribution < -0.4 is 46.9 Å². The Balaban J connectivity index is 0.721. The fourth-order valence-corrected chi connectivity index (χ4v) is 18.1. The van der Waals surface area contributed by atoms with Crippen molar-refractivity contribution in [2.24, 2.45) is 0 Å². The number of aromatic nitrogens is 3. The van der Waals surface area contributed by atoms with Crippen molar-refractivity contribution in [1.29, 1.82) is 5.26 Å². The molecule has 10 rings (SSSR count). The summed E-state index contributed by atoms with van der Waals surface area (Å²) < 4.78 is 8.56. The Morgan fingerprint density at radius 2 is 0.933 bits per heavy atom. The highest BCUT2D eigenvalue weighted by Crippen LogP contribution is 2.39. The summed E-state index contributed by atoms with van der Waals surface area (Å²) in [7, 11) is 8.67. The molecule has 0 radical (unpaired) electrons. The average Bonchev–Trinajstić information content (AvgIpc) is 0.797. The van der Waals surface area contributed by atoms with Crippen LogP contribution in [0.4, 0.5) is 17.1 Å². The quantitative estimate of drug-likeness (QED) is 0.0323. The van der Waals surface area contributed by atoms with Gasteiger partial charge in [-0.2, -0.15) is 5.26 Å². The number of rotatable bonds is 27. The molecular formula is C82H110Cl3N13O7. The number of pyridine rings is 3. The molecule has 4 heterocycles. The Morgan fingerprint density at radius 3 is 1.37 bits per heavy atom. The fourth-order valence-electron chi connectivity index (χ4n) is 17.5. The number of ether oxygens (including phenoxy) is 1. The van der Waals surface area contributed by atoms with Crippen molar-refractivity contribution in [1.82, 2.24) is 45.2 Å². The number of likely N-dealkylation sites (N-methyl/N-ethyl adjacent to an activating group) is 1. The van der Waals surface area contributed by atoms with Gasteiger partial charge in [0.05, 0.1) is 30.5 Å². The van der Waals surface area contributed by atoms with Crippen LogP contribution in [0.15, 0.2) is 69.0 Å². The first-order valence-corrected chi connectivity index (χ1v) is 39.1. The molecule has 0 bridgehead atoms. The van der Waals surface area contributed by atoms with E-state index in [0.29, 0.717) is 92.4 Å². The first-order chi connectivity index (χ1) is 50.1. The third-order valence-corrected chi connectivity index (χ3v) is 24.1. The number of benzene rings is 3. The summed E-state index contributed by atoms with van der Waals surface area (Å²) in [5.41, 5.74) is 11.3. The van der Waals surface area contributed by atoms with E-state index in [-0.39, 0.29) is 95.5 Å². The van der Waals surface area contributed by atoms with Crippen molar-refractivity contribution in [2.75, 3.05) is 82.2 Å².